The molecule has 6 nitrogen and oxygen atoms in total. The second-order valence-corrected chi connectivity index (χ2v) is 4.40. The zero-order valence-electron chi connectivity index (χ0n) is 10.8. The van der Waals surface area contributed by atoms with Gasteiger partial charge in [0.05, 0.1) is 5.92 Å². The third-order valence-electron chi connectivity index (χ3n) is 2.58. The minimum absolute atomic E-state index is 0.0142. The molecule has 104 valence electrons. The van der Waals surface area contributed by atoms with Gasteiger partial charge in [-0.05, 0) is 6.92 Å². The Morgan fingerprint density at radius 1 is 1.50 bits per heavy atom. The molecule has 0 radical (unpaired) electrons. The molecule has 3 unspecified atom stereocenters. The SMILES string of the molecule is C=C1OC(OCC)C(O)C(OC(=O)C(C)C)[C@@H]1O. The van der Waals surface area contributed by atoms with Crippen LogP contribution in [0.15, 0.2) is 12.3 Å². The van der Waals surface area contributed by atoms with Gasteiger partial charge in [0.1, 0.15) is 5.76 Å². The number of esters is 1. The van der Waals surface area contributed by atoms with E-state index in [0.717, 1.165) is 0 Å². The molecule has 0 bridgehead atoms. The van der Waals surface area contributed by atoms with Gasteiger partial charge in [-0.15, -0.1) is 0 Å². The molecule has 1 aliphatic rings. The van der Waals surface area contributed by atoms with Gasteiger partial charge in [-0.2, -0.15) is 0 Å². The molecule has 0 aromatic heterocycles. The predicted octanol–water partition coefficient (Wildman–Crippen LogP) is 0.182. The van der Waals surface area contributed by atoms with Crippen molar-refractivity contribution in [1.29, 1.82) is 0 Å². The van der Waals surface area contributed by atoms with E-state index in [1.54, 1.807) is 20.8 Å². The van der Waals surface area contributed by atoms with Crippen molar-refractivity contribution in [2.75, 3.05) is 6.61 Å². The van der Waals surface area contributed by atoms with E-state index >= 15 is 0 Å². The molecule has 0 aliphatic carbocycles. The molecular formula is C12H20O6. The number of carbonyl (C=O) groups is 1. The molecule has 0 spiro atoms. The minimum atomic E-state index is -1.26. The number of rotatable bonds is 4. The molecule has 18 heavy (non-hydrogen) atoms. The summed E-state index contributed by atoms with van der Waals surface area (Å²) in [7, 11) is 0. The number of hydrogen-bond donors (Lipinski definition) is 2. The molecule has 0 saturated carbocycles. The summed E-state index contributed by atoms with van der Waals surface area (Å²) in [6.07, 6.45) is -4.64. The Morgan fingerprint density at radius 2 is 2.11 bits per heavy atom. The van der Waals surface area contributed by atoms with E-state index in [1.807, 2.05) is 0 Å². The third kappa shape index (κ3) is 3.22. The average Bonchev–Trinajstić information content (AvgIpc) is 2.31. The molecule has 0 aromatic carbocycles. The molecule has 2 N–H and O–H groups in total. The lowest BCUT2D eigenvalue weighted by atomic mass is 10.0. The summed E-state index contributed by atoms with van der Waals surface area (Å²) in [5, 5.41) is 19.8. The van der Waals surface area contributed by atoms with Crippen LogP contribution >= 0.6 is 0 Å². The number of ether oxygens (including phenoxy) is 3. The second kappa shape index (κ2) is 6.17. The fourth-order valence-corrected chi connectivity index (χ4v) is 1.51. The van der Waals surface area contributed by atoms with Crippen LogP contribution in [0.3, 0.4) is 0 Å². The summed E-state index contributed by atoms with van der Waals surface area (Å²) in [4.78, 5) is 11.5. The Labute approximate surface area is 106 Å². The molecule has 1 aliphatic heterocycles. The zero-order valence-corrected chi connectivity index (χ0v) is 10.8. The largest absolute Gasteiger partial charge is 0.464 e. The van der Waals surface area contributed by atoms with Crippen molar-refractivity contribution in [1.82, 2.24) is 0 Å². The Hall–Kier alpha value is -1.11. The normalized spacial score (nSPS) is 32.2. The maximum atomic E-state index is 11.5. The van der Waals surface area contributed by atoms with Gasteiger partial charge < -0.3 is 24.4 Å². The van der Waals surface area contributed by atoms with E-state index in [2.05, 4.69) is 6.58 Å². The Bertz CT molecular complexity index is 314. The highest BCUT2D eigenvalue weighted by Gasteiger charge is 2.44. The van der Waals surface area contributed by atoms with E-state index < -0.39 is 30.6 Å². The summed E-state index contributed by atoms with van der Waals surface area (Å²) < 4.78 is 15.3. The lowest BCUT2D eigenvalue weighted by Gasteiger charge is -2.38. The number of aliphatic hydroxyl groups excluding tert-OH is 2. The van der Waals surface area contributed by atoms with Gasteiger partial charge in [0, 0.05) is 6.61 Å². The molecule has 0 aromatic rings. The molecule has 1 fully saturated rings. The van der Waals surface area contributed by atoms with Crippen molar-refractivity contribution in [2.45, 2.75) is 45.4 Å². The first kappa shape index (κ1) is 14.9. The highest BCUT2D eigenvalue weighted by molar-refractivity contribution is 5.71. The van der Waals surface area contributed by atoms with Gasteiger partial charge in [-0.25, -0.2) is 0 Å². The monoisotopic (exact) mass is 260 g/mol. The molecule has 1 rings (SSSR count). The summed E-state index contributed by atoms with van der Waals surface area (Å²) in [6.45, 7) is 8.88. The lowest BCUT2D eigenvalue weighted by Crippen LogP contribution is -2.54. The molecule has 6 heteroatoms. The topological polar surface area (TPSA) is 85.2 Å². The van der Waals surface area contributed by atoms with Crippen LogP contribution < -0.4 is 0 Å². The Morgan fingerprint density at radius 3 is 2.61 bits per heavy atom. The second-order valence-electron chi connectivity index (χ2n) is 4.40. The van der Waals surface area contributed by atoms with Gasteiger partial charge >= 0.3 is 5.97 Å². The smallest absolute Gasteiger partial charge is 0.308 e. The minimum Gasteiger partial charge on any atom is -0.464 e. The highest BCUT2D eigenvalue weighted by Crippen LogP contribution is 2.26. The summed E-state index contributed by atoms with van der Waals surface area (Å²) >= 11 is 0. The molecule has 0 amide bonds. The van der Waals surface area contributed by atoms with Crippen molar-refractivity contribution in [3.63, 3.8) is 0 Å². The summed E-state index contributed by atoms with van der Waals surface area (Å²) in [6, 6.07) is 0. The molecular weight excluding hydrogens is 240 g/mol. The summed E-state index contributed by atoms with van der Waals surface area (Å²) in [5.41, 5.74) is 0. The van der Waals surface area contributed by atoms with Gasteiger partial charge in [0.2, 0.25) is 6.29 Å². The molecule has 1 heterocycles. The van der Waals surface area contributed by atoms with E-state index in [9.17, 15) is 15.0 Å². The quantitative estimate of drug-likeness (QED) is 0.701. The Kier molecular flexibility index (Phi) is 5.13. The van der Waals surface area contributed by atoms with Gasteiger partial charge in [0.15, 0.2) is 18.3 Å². The highest BCUT2D eigenvalue weighted by atomic mass is 16.7. The summed E-state index contributed by atoms with van der Waals surface area (Å²) in [5.74, 6) is -0.852. The van der Waals surface area contributed by atoms with Crippen LogP contribution in [0.5, 0.6) is 0 Å². The lowest BCUT2D eigenvalue weighted by molar-refractivity contribution is -0.249. The fourth-order valence-electron chi connectivity index (χ4n) is 1.51. The maximum Gasteiger partial charge on any atom is 0.308 e. The van der Waals surface area contributed by atoms with E-state index in [1.165, 1.54) is 0 Å². The zero-order chi connectivity index (χ0) is 13.9. The van der Waals surface area contributed by atoms with Crippen molar-refractivity contribution in [2.24, 2.45) is 5.92 Å². The van der Waals surface area contributed by atoms with Crippen LogP contribution in [0.25, 0.3) is 0 Å². The molecule has 1 saturated heterocycles. The average molecular weight is 260 g/mol. The van der Waals surface area contributed by atoms with Crippen molar-refractivity contribution < 1.29 is 29.2 Å². The van der Waals surface area contributed by atoms with Gasteiger partial charge in [-0.1, -0.05) is 20.4 Å². The van der Waals surface area contributed by atoms with E-state index in [4.69, 9.17) is 14.2 Å². The van der Waals surface area contributed by atoms with Crippen molar-refractivity contribution in [3.05, 3.63) is 12.3 Å². The van der Waals surface area contributed by atoms with Gasteiger partial charge in [0.25, 0.3) is 0 Å². The maximum absolute atomic E-state index is 11.5. The van der Waals surface area contributed by atoms with Crippen LogP contribution in [0, 0.1) is 5.92 Å². The first-order valence-corrected chi connectivity index (χ1v) is 5.92. The van der Waals surface area contributed by atoms with Crippen LogP contribution in [0.1, 0.15) is 20.8 Å². The van der Waals surface area contributed by atoms with Crippen LogP contribution in [0.4, 0.5) is 0 Å². The van der Waals surface area contributed by atoms with E-state index in [0.29, 0.717) is 6.61 Å². The van der Waals surface area contributed by atoms with Gasteiger partial charge in [-0.3, -0.25) is 4.79 Å². The standard InChI is InChI=1S/C12H20O6/c1-5-16-12-9(14)10(8(13)7(4)17-12)18-11(15)6(2)3/h6,8-10,12-14H,4-5H2,1-3H3/t8-,9?,10?,12?/m1/s1. The van der Waals surface area contributed by atoms with Crippen molar-refractivity contribution in [3.8, 4) is 0 Å². The van der Waals surface area contributed by atoms with Crippen LogP contribution in [-0.2, 0) is 19.0 Å². The fraction of sp³-hybridized carbons (Fsp3) is 0.750. The predicted molar refractivity (Wildman–Crippen MR) is 62.4 cm³/mol. The number of aliphatic hydroxyl groups is 2. The van der Waals surface area contributed by atoms with Crippen LogP contribution in [-0.4, -0.2) is 47.4 Å². The van der Waals surface area contributed by atoms with Crippen molar-refractivity contribution >= 4 is 5.97 Å². The molecule has 4 atom stereocenters. The third-order valence-corrected chi connectivity index (χ3v) is 2.58. The number of hydrogen-bond acceptors (Lipinski definition) is 6. The first-order valence-electron chi connectivity index (χ1n) is 5.92. The first-order chi connectivity index (χ1) is 8.38. The van der Waals surface area contributed by atoms with Crippen LogP contribution in [0.2, 0.25) is 0 Å². The van der Waals surface area contributed by atoms with E-state index in [-0.39, 0.29) is 11.7 Å². The Balaban J connectivity index is 2.78. The number of carbonyl (C=O) groups excluding carboxylic acids is 1.